The summed E-state index contributed by atoms with van der Waals surface area (Å²) in [4.78, 5) is 26.3. The van der Waals surface area contributed by atoms with Crippen molar-refractivity contribution in [2.75, 3.05) is 49.1 Å². The lowest BCUT2D eigenvalue weighted by atomic mass is 10.2. The van der Waals surface area contributed by atoms with E-state index in [1.165, 1.54) is 17.9 Å². The fraction of sp³-hybridized carbons (Fsp3) is 0.500. The summed E-state index contributed by atoms with van der Waals surface area (Å²) in [5.74, 6) is -0.654. The van der Waals surface area contributed by atoms with Crippen LogP contribution in [0.25, 0.3) is 0 Å². The van der Waals surface area contributed by atoms with Crippen molar-refractivity contribution in [1.82, 2.24) is 10.6 Å². The normalized spacial score (nSPS) is 20.9. The zero-order chi connectivity index (χ0) is 17.1. The monoisotopic (exact) mass is 336 g/mol. The van der Waals surface area contributed by atoms with Gasteiger partial charge in [0.15, 0.2) is 0 Å². The summed E-state index contributed by atoms with van der Waals surface area (Å²) in [7, 11) is 0. The molecule has 0 aromatic heterocycles. The first-order valence-corrected chi connectivity index (χ1v) is 8.02. The van der Waals surface area contributed by atoms with Gasteiger partial charge in [0.2, 0.25) is 5.91 Å². The van der Waals surface area contributed by atoms with Crippen molar-refractivity contribution >= 4 is 23.4 Å². The third-order valence-corrected chi connectivity index (χ3v) is 4.16. The third-order valence-electron chi connectivity index (χ3n) is 4.16. The first-order valence-electron chi connectivity index (χ1n) is 8.02. The summed E-state index contributed by atoms with van der Waals surface area (Å²) < 4.78 is 19.7. The topological polar surface area (TPSA) is 73.9 Å². The van der Waals surface area contributed by atoms with Crippen LogP contribution in [0.2, 0.25) is 0 Å². The van der Waals surface area contributed by atoms with Crippen LogP contribution in [0.3, 0.4) is 0 Å². The van der Waals surface area contributed by atoms with Crippen LogP contribution in [0.1, 0.15) is 6.92 Å². The number of nitrogens with zero attached hydrogens (tertiary/aromatic N) is 2. The fourth-order valence-corrected chi connectivity index (χ4v) is 2.92. The second kappa shape index (κ2) is 7.04. The van der Waals surface area contributed by atoms with E-state index in [2.05, 4.69) is 15.5 Å². The number of halogens is 1. The van der Waals surface area contributed by atoms with Crippen molar-refractivity contribution in [1.29, 1.82) is 0 Å². The van der Waals surface area contributed by atoms with Crippen molar-refractivity contribution in [3.63, 3.8) is 0 Å². The Kier molecular flexibility index (Phi) is 4.84. The molecule has 2 heterocycles. The summed E-state index contributed by atoms with van der Waals surface area (Å²) >= 11 is 0. The molecule has 3 rings (SSSR count). The van der Waals surface area contributed by atoms with Gasteiger partial charge in [0.05, 0.1) is 18.8 Å². The van der Waals surface area contributed by atoms with E-state index in [1.54, 1.807) is 6.07 Å². The molecule has 7 nitrogen and oxygen atoms in total. The number of ether oxygens (including phenoxy) is 1. The zero-order valence-corrected chi connectivity index (χ0v) is 13.5. The average Bonchev–Trinajstić information content (AvgIpc) is 2.94. The second-order valence-electron chi connectivity index (χ2n) is 5.93. The molecule has 1 atom stereocenters. The lowest BCUT2D eigenvalue weighted by Gasteiger charge is -2.29. The largest absolute Gasteiger partial charge is 0.442 e. The number of anilines is 2. The number of piperazine rings is 1. The van der Waals surface area contributed by atoms with E-state index in [0.29, 0.717) is 0 Å². The van der Waals surface area contributed by atoms with Gasteiger partial charge < -0.3 is 20.3 Å². The summed E-state index contributed by atoms with van der Waals surface area (Å²) in [6, 6.07) is 4.88. The highest BCUT2D eigenvalue weighted by atomic mass is 19.1. The van der Waals surface area contributed by atoms with Crippen LogP contribution < -0.4 is 20.4 Å². The number of carbonyl (C=O) groups excluding carboxylic acids is 2. The van der Waals surface area contributed by atoms with E-state index >= 15 is 0 Å². The van der Waals surface area contributed by atoms with Crippen molar-refractivity contribution in [3.8, 4) is 0 Å². The minimum absolute atomic E-state index is 0.198. The predicted molar refractivity (Wildman–Crippen MR) is 87.8 cm³/mol. The Labute approximate surface area is 139 Å². The molecule has 2 fully saturated rings. The number of nitrogens with one attached hydrogen (secondary N) is 2. The number of rotatable bonds is 4. The summed E-state index contributed by atoms with van der Waals surface area (Å²) in [5.41, 5.74) is 1.00. The fourth-order valence-electron chi connectivity index (χ4n) is 2.92. The lowest BCUT2D eigenvalue weighted by molar-refractivity contribution is -0.119. The van der Waals surface area contributed by atoms with Gasteiger partial charge in [-0.25, -0.2) is 9.18 Å². The van der Waals surface area contributed by atoms with Gasteiger partial charge >= 0.3 is 6.09 Å². The Balaban J connectivity index is 1.70. The number of cyclic esters (lactones) is 1. The van der Waals surface area contributed by atoms with Crippen molar-refractivity contribution in [3.05, 3.63) is 24.0 Å². The molecule has 2 aliphatic heterocycles. The summed E-state index contributed by atoms with van der Waals surface area (Å²) in [6.07, 6.45) is -1.08. The molecule has 0 aliphatic carbocycles. The Bertz CT molecular complexity index is 634. The van der Waals surface area contributed by atoms with E-state index in [-0.39, 0.29) is 24.7 Å². The Morgan fingerprint density at radius 2 is 2.17 bits per heavy atom. The molecule has 0 radical (unpaired) electrons. The minimum Gasteiger partial charge on any atom is -0.442 e. The number of amides is 2. The van der Waals surface area contributed by atoms with Gasteiger partial charge in [-0.2, -0.15) is 0 Å². The van der Waals surface area contributed by atoms with Crippen molar-refractivity contribution < 1.29 is 18.7 Å². The number of hydrogen-bond acceptors (Lipinski definition) is 5. The first-order chi connectivity index (χ1) is 11.5. The Morgan fingerprint density at radius 1 is 1.42 bits per heavy atom. The lowest BCUT2D eigenvalue weighted by Crippen LogP contribution is -2.43. The van der Waals surface area contributed by atoms with Gasteiger partial charge in [-0.3, -0.25) is 9.69 Å². The molecule has 0 spiro atoms. The quantitative estimate of drug-likeness (QED) is 0.847. The Hall–Kier alpha value is -2.35. The molecule has 0 bridgehead atoms. The maximum Gasteiger partial charge on any atom is 0.414 e. The maximum atomic E-state index is 14.5. The molecule has 1 aromatic carbocycles. The van der Waals surface area contributed by atoms with Gasteiger partial charge in [-0.15, -0.1) is 0 Å². The summed E-state index contributed by atoms with van der Waals surface area (Å²) in [5, 5.41) is 5.85. The molecule has 24 heavy (non-hydrogen) atoms. The molecule has 1 unspecified atom stereocenters. The highest BCUT2D eigenvalue weighted by Crippen LogP contribution is 2.28. The third kappa shape index (κ3) is 3.59. The van der Waals surface area contributed by atoms with E-state index in [0.717, 1.165) is 31.9 Å². The molecule has 1 aromatic rings. The van der Waals surface area contributed by atoms with Crippen LogP contribution in [0.4, 0.5) is 20.6 Å². The second-order valence-corrected chi connectivity index (χ2v) is 5.93. The number of carbonyl (C=O) groups is 2. The zero-order valence-electron chi connectivity index (χ0n) is 13.5. The van der Waals surface area contributed by atoms with Crippen LogP contribution >= 0.6 is 0 Å². The highest BCUT2D eigenvalue weighted by molar-refractivity contribution is 5.90. The maximum absolute atomic E-state index is 14.5. The summed E-state index contributed by atoms with van der Waals surface area (Å²) in [6.45, 7) is 5.20. The molecular formula is C16H21FN4O3. The first kappa shape index (κ1) is 16.5. The van der Waals surface area contributed by atoms with E-state index < -0.39 is 18.0 Å². The minimum atomic E-state index is -0.598. The number of hydrogen-bond donors (Lipinski definition) is 2. The smallest absolute Gasteiger partial charge is 0.414 e. The molecule has 2 saturated heterocycles. The van der Waals surface area contributed by atoms with Crippen LogP contribution in [0.15, 0.2) is 18.2 Å². The predicted octanol–water partition coefficient (Wildman–Crippen LogP) is 0.697. The van der Waals surface area contributed by atoms with Gasteiger partial charge in [0.25, 0.3) is 0 Å². The average molecular weight is 336 g/mol. The van der Waals surface area contributed by atoms with E-state index in [4.69, 9.17) is 4.74 Å². The van der Waals surface area contributed by atoms with Gasteiger partial charge in [0, 0.05) is 38.8 Å². The molecule has 2 N–H and O–H groups in total. The molecule has 8 heteroatoms. The number of benzene rings is 1. The SMILES string of the molecule is CC(=O)NCC1CN(c2ccc(N3CCNCC3)cc2F)C(=O)O1. The van der Waals surface area contributed by atoms with E-state index in [1.807, 2.05) is 6.07 Å². The van der Waals surface area contributed by atoms with Gasteiger partial charge in [-0.1, -0.05) is 0 Å². The van der Waals surface area contributed by atoms with Gasteiger partial charge in [0.1, 0.15) is 11.9 Å². The van der Waals surface area contributed by atoms with Crippen molar-refractivity contribution in [2.24, 2.45) is 0 Å². The molecule has 0 saturated carbocycles. The molecule has 2 aliphatic rings. The van der Waals surface area contributed by atoms with Crippen LogP contribution in [-0.4, -0.2) is 57.4 Å². The standard InChI is InChI=1S/C16H21FN4O3/c1-11(22)19-9-13-10-21(16(23)24-13)15-3-2-12(8-14(15)17)20-6-4-18-5-7-20/h2-3,8,13,18H,4-7,9-10H2,1H3,(H,19,22). The van der Waals surface area contributed by atoms with Gasteiger partial charge in [-0.05, 0) is 18.2 Å². The molecular weight excluding hydrogens is 315 g/mol. The van der Waals surface area contributed by atoms with E-state index in [9.17, 15) is 14.0 Å². The van der Waals surface area contributed by atoms with Crippen LogP contribution in [0.5, 0.6) is 0 Å². The highest BCUT2D eigenvalue weighted by Gasteiger charge is 2.34. The van der Waals surface area contributed by atoms with Crippen LogP contribution in [0, 0.1) is 5.82 Å². The molecule has 2 amide bonds. The van der Waals surface area contributed by atoms with Crippen molar-refractivity contribution in [2.45, 2.75) is 13.0 Å². The molecule has 130 valence electrons. The van der Waals surface area contributed by atoms with Crippen LogP contribution in [-0.2, 0) is 9.53 Å². The Morgan fingerprint density at radius 3 is 2.83 bits per heavy atom.